The average Bonchev–Trinajstić information content (AvgIpc) is 2.59. The van der Waals surface area contributed by atoms with E-state index in [1.807, 2.05) is 12.1 Å². The fourth-order valence-corrected chi connectivity index (χ4v) is 1.65. The molecule has 1 aromatic rings. The Hall–Kier alpha value is -3.02. The third-order valence-electron chi connectivity index (χ3n) is 2.59. The van der Waals surface area contributed by atoms with E-state index in [1.54, 1.807) is 12.1 Å². The molecule has 6 nitrogen and oxygen atoms in total. The topological polar surface area (TPSA) is 55.4 Å². The summed E-state index contributed by atoms with van der Waals surface area (Å²) >= 11 is 0. The van der Waals surface area contributed by atoms with Crippen molar-refractivity contribution in [1.29, 1.82) is 0 Å². The highest BCUT2D eigenvalue weighted by molar-refractivity contribution is 5.39. The Bertz CT molecular complexity index is 461. The number of benzene rings is 1. The Morgan fingerprint density at radius 3 is 1.29 bits per heavy atom. The van der Waals surface area contributed by atoms with Crippen LogP contribution in [0.1, 0.15) is 0 Å². The molecule has 0 aromatic heterocycles. The van der Waals surface area contributed by atoms with Gasteiger partial charge in [-0.2, -0.15) is 0 Å². The van der Waals surface area contributed by atoms with Gasteiger partial charge < -0.3 is 28.4 Å². The van der Waals surface area contributed by atoms with Crippen LogP contribution in [0.5, 0.6) is 11.5 Å². The van der Waals surface area contributed by atoms with Gasteiger partial charge in [0.15, 0.2) is 24.7 Å². The van der Waals surface area contributed by atoms with Crippen molar-refractivity contribution in [2.75, 3.05) is 13.2 Å². The van der Waals surface area contributed by atoms with Gasteiger partial charge in [0, 0.05) is 0 Å². The molecule has 6 heteroatoms. The number of hydrogen-bond acceptors (Lipinski definition) is 6. The van der Waals surface area contributed by atoms with Crippen LogP contribution in [-0.4, -0.2) is 25.8 Å². The number of para-hydroxylation sites is 2. The molecular weight excluding hydrogens is 312 g/mol. The first-order chi connectivity index (χ1) is 11.7. The van der Waals surface area contributed by atoms with Crippen molar-refractivity contribution in [2.24, 2.45) is 0 Å². The van der Waals surface area contributed by atoms with Gasteiger partial charge in [-0.15, -0.1) is 0 Å². The zero-order chi connectivity index (χ0) is 17.6. The molecule has 0 unspecified atom stereocenters. The monoisotopic (exact) mass is 334 g/mol. The SMILES string of the molecule is C=COC(COc1ccccc1OCC(OC=C)OC=C)OC=C. The van der Waals surface area contributed by atoms with Crippen molar-refractivity contribution in [3.63, 3.8) is 0 Å². The molecule has 0 radical (unpaired) electrons. The second-order valence-electron chi connectivity index (χ2n) is 4.14. The van der Waals surface area contributed by atoms with E-state index in [0.29, 0.717) is 11.5 Å². The summed E-state index contributed by atoms with van der Waals surface area (Å²) in [5.41, 5.74) is 0. The highest BCUT2D eigenvalue weighted by atomic mass is 16.7. The van der Waals surface area contributed by atoms with Crippen molar-refractivity contribution in [2.45, 2.75) is 12.6 Å². The fourth-order valence-electron chi connectivity index (χ4n) is 1.65. The largest absolute Gasteiger partial charge is 0.482 e. The molecule has 24 heavy (non-hydrogen) atoms. The highest BCUT2D eigenvalue weighted by Gasteiger charge is 2.14. The quantitative estimate of drug-likeness (QED) is 0.382. The molecule has 0 N–H and O–H groups in total. The summed E-state index contributed by atoms with van der Waals surface area (Å²) < 4.78 is 31.9. The molecule has 0 spiro atoms. The molecule has 0 saturated carbocycles. The molecule has 0 aliphatic rings. The lowest BCUT2D eigenvalue weighted by atomic mass is 10.3. The predicted molar refractivity (Wildman–Crippen MR) is 90.1 cm³/mol. The average molecular weight is 334 g/mol. The van der Waals surface area contributed by atoms with Gasteiger partial charge in [-0.3, -0.25) is 0 Å². The third kappa shape index (κ3) is 6.83. The molecule has 0 fully saturated rings. The van der Waals surface area contributed by atoms with E-state index < -0.39 is 12.6 Å². The van der Waals surface area contributed by atoms with Crippen LogP contribution in [0.2, 0.25) is 0 Å². The number of rotatable bonds is 14. The molecule has 0 amide bonds. The second kappa shape index (κ2) is 11.5. The molecule has 0 aliphatic carbocycles. The Morgan fingerprint density at radius 1 is 0.667 bits per heavy atom. The maximum absolute atomic E-state index is 5.66. The van der Waals surface area contributed by atoms with E-state index in [4.69, 9.17) is 28.4 Å². The van der Waals surface area contributed by atoms with Crippen molar-refractivity contribution in [1.82, 2.24) is 0 Å². The van der Waals surface area contributed by atoms with Gasteiger partial charge in [-0.25, -0.2) is 0 Å². The van der Waals surface area contributed by atoms with Crippen LogP contribution in [0.15, 0.2) is 75.6 Å². The minimum atomic E-state index is -0.658. The Kier molecular flexibility index (Phi) is 9.14. The molecule has 0 heterocycles. The molecule has 0 saturated heterocycles. The molecule has 0 aliphatic heterocycles. The van der Waals surface area contributed by atoms with E-state index in [0.717, 1.165) is 0 Å². The molecule has 130 valence electrons. The smallest absolute Gasteiger partial charge is 0.273 e. The van der Waals surface area contributed by atoms with Crippen molar-refractivity contribution in [3.8, 4) is 11.5 Å². The lowest BCUT2D eigenvalue weighted by molar-refractivity contribution is -0.0895. The summed E-state index contributed by atoms with van der Waals surface area (Å²) in [6.07, 6.45) is 3.75. The lowest BCUT2D eigenvalue weighted by Crippen LogP contribution is -2.23. The Balaban J connectivity index is 2.65. The Morgan fingerprint density at radius 2 is 1.00 bits per heavy atom. The van der Waals surface area contributed by atoms with E-state index in [-0.39, 0.29) is 13.2 Å². The first-order valence-corrected chi connectivity index (χ1v) is 7.15. The van der Waals surface area contributed by atoms with Crippen LogP contribution in [0.3, 0.4) is 0 Å². The Labute approximate surface area is 142 Å². The third-order valence-corrected chi connectivity index (χ3v) is 2.59. The van der Waals surface area contributed by atoms with Crippen LogP contribution in [-0.2, 0) is 18.9 Å². The lowest BCUT2D eigenvalue weighted by Gasteiger charge is -2.19. The number of hydrogen-bond donors (Lipinski definition) is 0. The van der Waals surface area contributed by atoms with Gasteiger partial charge in [0.25, 0.3) is 12.6 Å². The van der Waals surface area contributed by atoms with Gasteiger partial charge >= 0.3 is 0 Å². The standard InChI is InChI=1S/C18H22O6/c1-5-19-17(20-6-2)13-23-15-11-9-10-12-16(15)24-14-18(21-7-3)22-8-4/h5-12,17-18H,1-4,13-14H2. The van der Waals surface area contributed by atoms with Crippen LogP contribution >= 0.6 is 0 Å². The predicted octanol–water partition coefficient (Wildman–Crippen LogP) is 3.74. The minimum absolute atomic E-state index is 0.119. The van der Waals surface area contributed by atoms with E-state index >= 15 is 0 Å². The molecular formula is C18H22O6. The van der Waals surface area contributed by atoms with E-state index in [9.17, 15) is 0 Å². The van der Waals surface area contributed by atoms with Gasteiger partial charge in [-0.05, 0) is 12.1 Å². The molecule has 0 bridgehead atoms. The minimum Gasteiger partial charge on any atom is -0.482 e. The van der Waals surface area contributed by atoms with Crippen LogP contribution in [0, 0.1) is 0 Å². The summed E-state index contributed by atoms with van der Waals surface area (Å²) in [5.74, 6) is 1.03. The van der Waals surface area contributed by atoms with Gasteiger partial charge in [0.05, 0.1) is 25.0 Å². The summed E-state index contributed by atoms with van der Waals surface area (Å²) in [5, 5.41) is 0. The fraction of sp³-hybridized carbons (Fsp3) is 0.222. The number of ether oxygens (including phenoxy) is 6. The van der Waals surface area contributed by atoms with E-state index in [1.165, 1.54) is 25.0 Å². The maximum Gasteiger partial charge on any atom is 0.273 e. The first kappa shape index (κ1) is 19.0. The van der Waals surface area contributed by atoms with Crippen LogP contribution in [0.25, 0.3) is 0 Å². The zero-order valence-electron chi connectivity index (χ0n) is 13.5. The normalized spacial score (nSPS) is 9.75. The summed E-state index contributed by atoms with van der Waals surface area (Å²) in [6.45, 7) is 14.2. The van der Waals surface area contributed by atoms with Gasteiger partial charge in [0.1, 0.15) is 0 Å². The summed E-state index contributed by atoms with van der Waals surface area (Å²) in [4.78, 5) is 0. The summed E-state index contributed by atoms with van der Waals surface area (Å²) in [7, 11) is 0. The molecule has 0 atom stereocenters. The van der Waals surface area contributed by atoms with Crippen molar-refractivity contribution in [3.05, 3.63) is 75.6 Å². The highest BCUT2D eigenvalue weighted by Crippen LogP contribution is 2.27. The second-order valence-corrected chi connectivity index (χ2v) is 4.14. The molecule has 1 rings (SSSR count). The van der Waals surface area contributed by atoms with Crippen molar-refractivity contribution < 1.29 is 28.4 Å². The first-order valence-electron chi connectivity index (χ1n) is 7.15. The van der Waals surface area contributed by atoms with Crippen LogP contribution in [0.4, 0.5) is 0 Å². The zero-order valence-corrected chi connectivity index (χ0v) is 13.5. The van der Waals surface area contributed by atoms with Crippen LogP contribution < -0.4 is 9.47 Å². The van der Waals surface area contributed by atoms with Crippen molar-refractivity contribution >= 4 is 0 Å². The van der Waals surface area contributed by atoms with Gasteiger partial charge in [-0.1, -0.05) is 38.4 Å². The summed E-state index contributed by atoms with van der Waals surface area (Å²) in [6, 6.07) is 7.15. The molecule has 1 aromatic carbocycles. The maximum atomic E-state index is 5.66. The van der Waals surface area contributed by atoms with Gasteiger partial charge in [0.2, 0.25) is 0 Å². The van der Waals surface area contributed by atoms with E-state index in [2.05, 4.69) is 26.3 Å².